The van der Waals surface area contributed by atoms with E-state index in [1.807, 2.05) is 0 Å². The zero-order valence-electron chi connectivity index (χ0n) is 12.9. The van der Waals surface area contributed by atoms with Crippen LogP contribution in [-0.4, -0.2) is 11.9 Å². The molecule has 5 nitrogen and oxygen atoms in total. The van der Waals surface area contributed by atoms with Crippen LogP contribution in [0.15, 0.2) is 40.5 Å². The highest BCUT2D eigenvalue weighted by Crippen LogP contribution is 2.36. The molecule has 3 rings (SSSR count). The predicted molar refractivity (Wildman–Crippen MR) is 105 cm³/mol. The van der Waals surface area contributed by atoms with Gasteiger partial charge in [0.05, 0.1) is 19.5 Å². The first kappa shape index (κ1) is 19.0. The molecule has 0 spiro atoms. The molecule has 2 aromatic carbocycles. The van der Waals surface area contributed by atoms with E-state index < -0.39 is 11.9 Å². The molecule has 134 valence electrons. The van der Waals surface area contributed by atoms with Crippen LogP contribution >= 0.6 is 50.7 Å². The Hall–Kier alpha value is -1.73. The van der Waals surface area contributed by atoms with Gasteiger partial charge in [0.15, 0.2) is 5.75 Å². The molecule has 0 saturated carbocycles. The number of carbonyl (C=O) groups is 2. The number of urea groups is 1. The van der Waals surface area contributed by atoms with E-state index in [2.05, 4.69) is 26.6 Å². The van der Waals surface area contributed by atoms with Crippen LogP contribution in [0.25, 0.3) is 6.08 Å². The van der Waals surface area contributed by atoms with Crippen molar-refractivity contribution in [1.82, 2.24) is 10.6 Å². The monoisotopic (exact) mass is 474 g/mol. The zero-order valence-corrected chi connectivity index (χ0v) is 16.8. The third-order valence-corrected chi connectivity index (χ3v) is 5.03. The molecule has 0 aromatic heterocycles. The lowest BCUT2D eigenvalue weighted by Crippen LogP contribution is -2.22. The van der Waals surface area contributed by atoms with Gasteiger partial charge >= 0.3 is 6.03 Å². The van der Waals surface area contributed by atoms with Crippen molar-refractivity contribution in [2.75, 3.05) is 0 Å². The van der Waals surface area contributed by atoms with Crippen LogP contribution in [0.4, 0.5) is 4.79 Å². The number of hydrogen-bond donors (Lipinski definition) is 2. The minimum Gasteiger partial charge on any atom is -0.486 e. The number of rotatable bonds is 4. The maximum Gasteiger partial charge on any atom is 0.326 e. The highest BCUT2D eigenvalue weighted by molar-refractivity contribution is 9.10. The van der Waals surface area contributed by atoms with Gasteiger partial charge in [-0.1, -0.05) is 40.9 Å². The number of halogens is 4. The molecule has 0 bridgehead atoms. The maximum atomic E-state index is 11.6. The molecule has 1 saturated heterocycles. The molecule has 1 heterocycles. The van der Waals surface area contributed by atoms with Crippen LogP contribution < -0.4 is 15.4 Å². The number of imide groups is 1. The number of amides is 3. The van der Waals surface area contributed by atoms with E-state index in [9.17, 15) is 9.59 Å². The van der Waals surface area contributed by atoms with Crippen molar-refractivity contribution < 1.29 is 14.3 Å². The summed E-state index contributed by atoms with van der Waals surface area (Å²) in [6, 6.07) is 7.99. The standard InChI is InChI=1S/C17H10BrCl3N2O3/c18-10-3-9(6-14-16(24)23-17(25)22-14)5-13(21)15(10)26-7-8-1-2-11(19)12(20)4-8/h1-6H,7H2,(H2,22,23,24,25). The van der Waals surface area contributed by atoms with Crippen LogP contribution in [0.1, 0.15) is 11.1 Å². The quantitative estimate of drug-likeness (QED) is 0.473. The fraction of sp³-hybridized carbons (Fsp3) is 0.0588. The molecule has 9 heteroatoms. The summed E-state index contributed by atoms with van der Waals surface area (Å²) < 4.78 is 6.36. The fourth-order valence-corrected chi connectivity index (χ4v) is 3.54. The van der Waals surface area contributed by atoms with Gasteiger partial charge in [-0.3, -0.25) is 10.1 Å². The number of nitrogens with one attached hydrogen (secondary N) is 2. The van der Waals surface area contributed by atoms with E-state index in [0.717, 1.165) is 5.56 Å². The Morgan fingerprint density at radius 2 is 1.77 bits per heavy atom. The van der Waals surface area contributed by atoms with Crippen molar-refractivity contribution in [3.63, 3.8) is 0 Å². The van der Waals surface area contributed by atoms with Crippen molar-refractivity contribution in [3.05, 3.63) is 66.7 Å². The van der Waals surface area contributed by atoms with E-state index in [1.165, 1.54) is 6.08 Å². The summed E-state index contributed by atoms with van der Waals surface area (Å²) in [4.78, 5) is 22.7. The van der Waals surface area contributed by atoms with Gasteiger partial charge in [-0.2, -0.15) is 0 Å². The van der Waals surface area contributed by atoms with Gasteiger partial charge in [0.1, 0.15) is 12.3 Å². The summed E-state index contributed by atoms with van der Waals surface area (Å²) in [5.74, 6) is -0.0537. The Bertz CT molecular complexity index is 924. The topological polar surface area (TPSA) is 67.4 Å². The van der Waals surface area contributed by atoms with Crippen molar-refractivity contribution in [3.8, 4) is 5.75 Å². The van der Waals surface area contributed by atoms with E-state index >= 15 is 0 Å². The summed E-state index contributed by atoms with van der Waals surface area (Å²) in [7, 11) is 0. The normalized spacial score (nSPS) is 15.2. The van der Waals surface area contributed by atoms with Gasteiger partial charge < -0.3 is 10.1 Å². The highest BCUT2D eigenvalue weighted by Gasteiger charge is 2.23. The summed E-state index contributed by atoms with van der Waals surface area (Å²) in [5.41, 5.74) is 1.59. The lowest BCUT2D eigenvalue weighted by Gasteiger charge is -2.12. The first-order valence-electron chi connectivity index (χ1n) is 7.23. The molecular formula is C17H10BrCl3N2O3. The minimum absolute atomic E-state index is 0.141. The average Bonchev–Trinajstić information content (AvgIpc) is 2.87. The molecule has 0 atom stereocenters. The van der Waals surface area contributed by atoms with Gasteiger partial charge in [-0.25, -0.2) is 4.79 Å². The lowest BCUT2D eigenvalue weighted by molar-refractivity contribution is -0.115. The Morgan fingerprint density at radius 3 is 2.38 bits per heavy atom. The molecule has 26 heavy (non-hydrogen) atoms. The number of hydrogen-bond acceptors (Lipinski definition) is 3. The summed E-state index contributed by atoms with van der Waals surface area (Å²) in [5, 5.41) is 5.79. The van der Waals surface area contributed by atoms with Crippen LogP contribution in [0, 0.1) is 0 Å². The fourth-order valence-electron chi connectivity index (χ4n) is 2.23. The third kappa shape index (κ3) is 4.32. The largest absolute Gasteiger partial charge is 0.486 e. The zero-order chi connectivity index (χ0) is 18.8. The number of ether oxygens (including phenoxy) is 1. The molecule has 3 amide bonds. The minimum atomic E-state index is -0.562. The highest BCUT2D eigenvalue weighted by atomic mass is 79.9. The van der Waals surface area contributed by atoms with Gasteiger partial charge in [0.25, 0.3) is 5.91 Å². The van der Waals surface area contributed by atoms with E-state index in [1.54, 1.807) is 30.3 Å². The second kappa shape index (κ2) is 7.88. The molecule has 2 N–H and O–H groups in total. The van der Waals surface area contributed by atoms with Crippen LogP contribution in [0.3, 0.4) is 0 Å². The van der Waals surface area contributed by atoms with Gasteiger partial charge in [-0.05, 0) is 57.4 Å². The SMILES string of the molecule is O=C1NC(=O)C(=Cc2cc(Cl)c(OCc3ccc(Cl)c(Cl)c3)c(Br)c2)N1. The molecule has 0 unspecified atom stereocenters. The summed E-state index contributed by atoms with van der Waals surface area (Å²) in [6.45, 7) is 0.244. The van der Waals surface area contributed by atoms with Crippen LogP contribution in [0.5, 0.6) is 5.75 Å². The molecule has 2 aromatic rings. The molecular weight excluding hydrogens is 466 g/mol. The van der Waals surface area contributed by atoms with Gasteiger partial charge in [0, 0.05) is 0 Å². The molecule has 1 fully saturated rings. The number of carbonyl (C=O) groups excluding carboxylic acids is 2. The van der Waals surface area contributed by atoms with Gasteiger partial charge in [-0.15, -0.1) is 0 Å². The number of benzene rings is 2. The summed E-state index contributed by atoms with van der Waals surface area (Å²) in [6.07, 6.45) is 1.51. The molecule has 0 aliphatic carbocycles. The second-order valence-electron chi connectivity index (χ2n) is 5.32. The van der Waals surface area contributed by atoms with E-state index in [4.69, 9.17) is 39.5 Å². The third-order valence-electron chi connectivity index (χ3n) is 3.42. The van der Waals surface area contributed by atoms with Crippen LogP contribution in [0.2, 0.25) is 15.1 Å². The Kier molecular flexibility index (Phi) is 5.77. The lowest BCUT2D eigenvalue weighted by atomic mass is 10.2. The van der Waals surface area contributed by atoms with E-state index in [-0.39, 0.29) is 12.3 Å². The maximum absolute atomic E-state index is 11.6. The Balaban J connectivity index is 1.79. The first-order chi connectivity index (χ1) is 12.3. The Morgan fingerprint density at radius 1 is 1.00 bits per heavy atom. The van der Waals surface area contributed by atoms with Crippen LogP contribution in [-0.2, 0) is 11.4 Å². The second-order valence-corrected chi connectivity index (χ2v) is 7.39. The van der Waals surface area contributed by atoms with Crippen molar-refractivity contribution in [2.45, 2.75) is 6.61 Å². The Labute approximate surface area is 172 Å². The predicted octanol–water partition coefficient (Wildman–Crippen LogP) is 5.17. The van der Waals surface area contributed by atoms with Crippen molar-refractivity contribution in [1.29, 1.82) is 0 Å². The molecule has 1 aliphatic rings. The molecule has 1 aliphatic heterocycles. The van der Waals surface area contributed by atoms with Gasteiger partial charge in [0.2, 0.25) is 0 Å². The van der Waals surface area contributed by atoms with E-state index in [0.29, 0.717) is 30.9 Å². The smallest absolute Gasteiger partial charge is 0.326 e. The average molecular weight is 477 g/mol. The molecule has 0 radical (unpaired) electrons. The summed E-state index contributed by atoms with van der Waals surface area (Å²) >= 11 is 21.6. The van der Waals surface area contributed by atoms with Crippen molar-refractivity contribution >= 4 is 68.7 Å². The first-order valence-corrected chi connectivity index (χ1v) is 9.16. The van der Waals surface area contributed by atoms with Crippen molar-refractivity contribution in [2.24, 2.45) is 0 Å².